The quantitative estimate of drug-likeness (QED) is 0.495. The third-order valence-electron chi connectivity index (χ3n) is 8.04. The van der Waals surface area contributed by atoms with E-state index in [0.717, 1.165) is 56.8 Å². The Bertz CT molecular complexity index is 1290. The van der Waals surface area contributed by atoms with Crippen molar-refractivity contribution in [3.63, 3.8) is 0 Å². The molecule has 2 unspecified atom stereocenters. The fourth-order valence-electron chi connectivity index (χ4n) is 6.12. The molecule has 39 heavy (non-hydrogen) atoms. The number of anilines is 3. The molecular weight excluding hydrogens is 514 g/mol. The molecule has 3 fully saturated rings. The molecule has 6 rings (SSSR count). The highest BCUT2D eigenvalue weighted by atomic mass is 35.5. The van der Waals surface area contributed by atoms with Crippen LogP contribution in [-0.2, 0) is 17.9 Å². The lowest BCUT2D eigenvalue weighted by molar-refractivity contribution is 0.0700. The lowest BCUT2D eigenvalue weighted by Crippen LogP contribution is -2.54. The maximum atomic E-state index is 12.5. The Labute approximate surface area is 234 Å². The summed E-state index contributed by atoms with van der Waals surface area (Å²) in [6, 6.07) is 21.4. The third kappa shape index (κ3) is 5.74. The number of rotatable bonds is 6. The summed E-state index contributed by atoms with van der Waals surface area (Å²) < 4.78 is 5.52. The fourth-order valence-corrected chi connectivity index (χ4v) is 6.26. The molecule has 3 saturated heterocycles. The second-order valence-electron chi connectivity index (χ2n) is 10.6. The normalized spacial score (nSPS) is 21.3. The number of nitrogen functional groups attached to an aromatic ring is 1. The van der Waals surface area contributed by atoms with Crippen LogP contribution in [0.4, 0.5) is 22.0 Å². The van der Waals surface area contributed by atoms with E-state index in [1.165, 1.54) is 11.3 Å². The monoisotopic (exact) mass is 547 g/mol. The van der Waals surface area contributed by atoms with Gasteiger partial charge in [-0.25, -0.2) is 4.79 Å². The van der Waals surface area contributed by atoms with Gasteiger partial charge >= 0.3 is 6.09 Å². The molecule has 3 aromatic rings. The van der Waals surface area contributed by atoms with Gasteiger partial charge in [-0.3, -0.25) is 4.90 Å². The van der Waals surface area contributed by atoms with Gasteiger partial charge in [0.25, 0.3) is 0 Å². The van der Waals surface area contributed by atoms with Crippen molar-refractivity contribution in [1.82, 2.24) is 20.0 Å². The van der Waals surface area contributed by atoms with Crippen molar-refractivity contribution >= 4 is 34.9 Å². The maximum Gasteiger partial charge on any atom is 0.410 e. The molecule has 9 nitrogen and oxygen atoms in total. The van der Waals surface area contributed by atoms with Crippen LogP contribution in [0.15, 0.2) is 60.7 Å². The lowest BCUT2D eigenvalue weighted by atomic mass is 10.1. The molecule has 1 aromatic heterocycles. The highest BCUT2D eigenvalue weighted by Crippen LogP contribution is 2.38. The van der Waals surface area contributed by atoms with Crippen LogP contribution in [0.3, 0.4) is 0 Å². The summed E-state index contributed by atoms with van der Waals surface area (Å²) in [6.45, 7) is 5.96. The van der Waals surface area contributed by atoms with Crippen LogP contribution in [0.5, 0.6) is 0 Å². The molecule has 2 aromatic carbocycles. The molecule has 0 radical (unpaired) electrons. The number of fused-ring (bicyclic) bond motifs is 2. The number of halogens is 1. The number of carbonyl (C=O) groups excluding carboxylic acids is 1. The Morgan fingerprint density at radius 1 is 0.923 bits per heavy atom. The number of nitrogens with two attached hydrogens (primary N) is 1. The molecule has 204 valence electrons. The summed E-state index contributed by atoms with van der Waals surface area (Å²) in [4.78, 5) is 21.7. The molecule has 3 aliphatic rings. The van der Waals surface area contributed by atoms with Crippen molar-refractivity contribution in [1.29, 1.82) is 0 Å². The molecule has 1 amide bonds. The van der Waals surface area contributed by atoms with Crippen LogP contribution < -0.4 is 15.5 Å². The van der Waals surface area contributed by atoms with E-state index >= 15 is 0 Å². The van der Waals surface area contributed by atoms with E-state index in [1.807, 2.05) is 41.3 Å². The molecule has 4 heterocycles. The van der Waals surface area contributed by atoms with Crippen LogP contribution in [0.25, 0.3) is 0 Å². The highest BCUT2D eigenvalue weighted by molar-refractivity contribution is 6.29. The molecule has 0 saturated carbocycles. The molecule has 0 aliphatic carbocycles. The minimum atomic E-state index is -0.235. The standard InChI is InChI=1S/C29H34ClN7O2/c30-27-16-26(28(31)33-32-27)36-18-24-9-10-25(19-36)37(24)23-8-4-7-22(15-23)17-34-11-13-35(14-12-34)29(38)39-20-21-5-2-1-3-6-21/h1-8,15-16,24-25H,9-14,17-20H2,(H2,31,33). The number of carbonyl (C=O) groups is 1. The summed E-state index contributed by atoms with van der Waals surface area (Å²) >= 11 is 6.11. The second kappa shape index (κ2) is 11.3. The minimum Gasteiger partial charge on any atom is -0.445 e. The molecule has 3 aliphatic heterocycles. The number of amides is 1. The number of benzene rings is 2. The molecule has 2 bridgehead atoms. The van der Waals surface area contributed by atoms with Gasteiger partial charge in [0.2, 0.25) is 0 Å². The molecule has 2 N–H and O–H groups in total. The van der Waals surface area contributed by atoms with Crippen LogP contribution in [0.1, 0.15) is 24.0 Å². The van der Waals surface area contributed by atoms with Crippen molar-refractivity contribution in [2.45, 2.75) is 38.1 Å². The van der Waals surface area contributed by atoms with Crippen molar-refractivity contribution in [3.8, 4) is 0 Å². The lowest BCUT2D eigenvalue weighted by Gasteiger charge is -2.43. The SMILES string of the molecule is Nc1nnc(Cl)cc1N1CC2CCC(C1)N2c1cccc(CN2CCN(C(=O)OCc3ccccc3)CC2)c1. The van der Waals surface area contributed by atoms with Crippen LogP contribution in [0, 0.1) is 0 Å². The van der Waals surface area contributed by atoms with Gasteiger partial charge in [0, 0.05) is 69.7 Å². The first kappa shape index (κ1) is 25.7. The Morgan fingerprint density at radius 2 is 1.64 bits per heavy atom. The van der Waals surface area contributed by atoms with Crippen LogP contribution in [-0.4, -0.2) is 77.4 Å². The van der Waals surface area contributed by atoms with Gasteiger partial charge in [-0.05, 0) is 36.1 Å². The summed E-state index contributed by atoms with van der Waals surface area (Å²) in [5.41, 5.74) is 10.6. The van der Waals surface area contributed by atoms with E-state index in [2.05, 4.69) is 49.2 Å². The van der Waals surface area contributed by atoms with Crippen LogP contribution in [0.2, 0.25) is 5.15 Å². The summed E-state index contributed by atoms with van der Waals surface area (Å²) in [7, 11) is 0. The largest absolute Gasteiger partial charge is 0.445 e. The van der Waals surface area contributed by atoms with Gasteiger partial charge in [-0.2, -0.15) is 0 Å². The van der Waals surface area contributed by atoms with Gasteiger partial charge in [-0.1, -0.05) is 54.1 Å². The average Bonchev–Trinajstić information content (AvgIpc) is 3.23. The van der Waals surface area contributed by atoms with E-state index in [4.69, 9.17) is 22.1 Å². The highest BCUT2D eigenvalue weighted by Gasteiger charge is 2.40. The van der Waals surface area contributed by atoms with Gasteiger partial charge < -0.3 is 25.2 Å². The smallest absolute Gasteiger partial charge is 0.410 e. The first-order valence-corrected chi connectivity index (χ1v) is 14.0. The third-order valence-corrected chi connectivity index (χ3v) is 8.23. The van der Waals surface area contributed by atoms with Crippen molar-refractivity contribution in [2.75, 3.05) is 54.8 Å². The van der Waals surface area contributed by atoms with Crippen molar-refractivity contribution < 1.29 is 9.53 Å². The van der Waals surface area contributed by atoms with E-state index in [9.17, 15) is 4.79 Å². The second-order valence-corrected chi connectivity index (χ2v) is 11.0. The Morgan fingerprint density at radius 3 is 2.38 bits per heavy atom. The zero-order valence-electron chi connectivity index (χ0n) is 22.0. The minimum absolute atomic E-state index is 0.235. The summed E-state index contributed by atoms with van der Waals surface area (Å²) in [5, 5.41) is 8.24. The molecule has 0 spiro atoms. The predicted octanol–water partition coefficient (Wildman–Crippen LogP) is 4.02. The molecule has 2 atom stereocenters. The first-order chi connectivity index (χ1) is 19.0. The summed E-state index contributed by atoms with van der Waals surface area (Å²) in [5.74, 6) is 0.429. The number of nitrogens with zero attached hydrogens (tertiary/aromatic N) is 6. The number of hydrogen-bond donors (Lipinski definition) is 1. The molecular formula is C29H34ClN7O2. The fraction of sp³-hybridized carbons (Fsp3) is 0.414. The maximum absolute atomic E-state index is 12.5. The Hall–Kier alpha value is -3.56. The van der Waals surface area contributed by atoms with Crippen molar-refractivity contribution in [3.05, 3.63) is 76.9 Å². The van der Waals surface area contributed by atoms with Gasteiger partial charge in [0.15, 0.2) is 11.0 Å². The topological polar surface area (TPSA) is 91.1 Å². The summed E-state index contributed by atoms with van der Waals surface area (Å²) in [6.07, 6.45) is 2.07. The Kier molecular flexibility index (Phi) is 7.43. The van der Waals surface area contributed by atoms with E-state index in [-0.39, 0.29) is 6.09 Å². The van der Waals surface area contributed by atoms with E-state index in [0.29, 0.717) is 42.8 Å². The predicted molar refractivity (Wildman–Crippen MR) is 153 cm³/mol. The Balaban J connectivity index is 1.04. The zero-order chi connectivity index (χ0) is 26.8. The first-order valence-electron chi connectivity index (χ1n) is 13.6. The number of ether oxygens (including phenoxy) is 1. The van der Waals surface area contributed by atoms with Gasteiger partial charge in [-0.15, -0.1) is 10.2 Å². The van der Waals surface area contributed by atoms with E-state index < -0.39 is 0 Å². The zero-order valence-corrected chi connectivity index (χ0v) is 22.7. The van der Waals surface area contributed by atoms with Gasteiger partial charge in [0.05, 0.1) is 5.69 Å². The molecule has 10 heteroatoms. The average molecular weight is 548 g/mol. The number of aromatic nitrogens is 2. The van der Waals surface area contributed by atoms with Crippen molar-refractivity contribution in [2.24, 2.45) is 0 Å². The van der Waals surface area contributed by atoms with Gasteiger partial charge in [0.1, 0.15) is 6.61 Å². The van der Waals surface area contributed by atoms with Crippen LogP contribution >= 0.6 is 11.6 Å². The number of hydrogen-bond acceptors (Lipinski definition) is 8. The van der Waals surface area contributed by atoms with E-state index in [1.54, 1.807) is 0 Å². The number of piperazine rings is 2.